The van der Waals surface area contributed by atoms with Crippen molar-refractivity contribution in [3.63, 3.8) is 0 Å². The first-order valence-electron chi connectivity index (χ1n) is 11.9. The van der Waals surface area contributed by atoms with Crippen molar-refractivity contribution in [1.82, 2.24) is 14.8 Å². The van der Waals surface area contributed by atoms with Crippen LogP contribution in [-0.2, 0) is 30.6 Å². The molecule has 1 amide bonds. The van der Waals surface area contributed by atoms with Crippen molar-refractivity contribution in [3.8, 4) is 5.75 Å². The van der Waals surface area contributed by atoms with Crippen molar-refractivity contribution in [2.45, 2.75) is 58.2 Å². The third-order valence-corrected chi connectivity index (χ3v) is 6.84. The Balaban J connectivity index is 1.57. The molecule has 0 aliphatic heterocycles. The number of allylic oxidation sites excluding steroid dienone is 1. The van der Waals surface area contributed by atoms with Crippen molar-refractivity contribution < 1.29 is 9.53 Å². The van der Waals surface area contributed by atoms with Gasteiger partial charge in [0.05, 0.1) is 12.4 Å². The first-order valence-corrected chi connectivity index (χ1v) is 13.3. The van der Waals surface area contributed by atoms with Gasteiger partial charge >= 0.3 is 0 Å². The second-order valence-corrected chi connectivity index (χ2v) is 9.53. The molecule has 35 heavy (non-hydrogen) atoms. The molecule has 0 aliphatic carbocycles. The number of carbonyl (C=O) groups excluding carboxylic acids is 1. The summed E-state index contributed by atoms with van der Waals surface area (Å²) in [4.78, 5) is 12.8. The molecule has 8 heteroatoms. The molecule has 0 saturated heterocycles. The van der Waals surface area contributed by atoms with Crippen LogP contribution in [0.1, 0.15) is 42.8 Å². The highest BCUT2D eigenvalue weighted by Gasteiger charge is 2.15. The van der Waals surface area contributed by atoms with Gasteiger partial charge in [-0.15, -0.1) is 16.8 Å². The fourth-order valence-electron chi connectivity index (χ4n) is 3.82. The number of ether oxygens (including phenoxy) is 1. The number of carbonyl (C=O) groups is 1. The van der Waals surface area contributed by atoms with Crippen LogP contribution in [0.25, 0.3) is 0 Å². The molecule has 0 atom stereocenters. The van der Waals surface area contributed by atoms with Gasteiger partial charge in [-0.05, 0) is 61.1 Å². The number of para-hydroxylation sites is 1. The zero-order chi connectivity index (χ0) is 25.2. The summed E-state index contributed by atoms with van der Waals surface area (Å²) in [6, 6.07) is 11.8. The standard InChI is InChI=1S/C27H33ClN4O2S/c1-5-15-32-24(12-9-16-34-23-14-13-22(28)17-19(23)4)30-31-27(32)35-18-25(33)29-26-20(6-2)10-8-11-21(26)7-3/h5,8,10-11,13-14,17H,1,6-7,9,12,15-16,18H2,2-4H3,(H,29,33). The molecule has 1 N–H and O–H groups in total. The molecule has 3 aromatic rings. The molecule has 0 spiro atoms. The second-order valence-electron chi connectivity index (χ2n) is 8.16. The number of rotatable bonds is 13. The van der Waals surface area contributed by atoms with E-state index in [2.05, 4.69) is 48.1 Å². The van der Waals surface area contributed by atoms with Crippen LogP contribution >= 0.6 is 23.4 Å². The fourth-order valence-corrected chi connectivity index (χ4v) is 4.81. The number of aryl methyl sites for hydroxylation is 4. The van der Waals surface area contributed by atoms with Crippen molar-refractivity contribution in [2.75, 3.05) is 17.7 Å². The quantitative estimate of drug-likeness (QED) is 0.165. The number of nitrogens with zero attached hydrogens (tertiary/aromatic N) is 3. The molecular formula is C27H33ClN4O2S. The van der Waals surface area contributed by atoms with Gasteiger partial charge in [-0.3, -0.25) is 4.79 Å². The summed E-state index contributed by atoms with van der Waals surface area (Å²) in [7, 11) is 0. The lowest BCUT2D eigenvalue weighted by Crippen LogP contribution is -2.17. The van der Waals surface area contributed by atoms with E-state index >= 15 is 0 Å². The number of benzene rings is 2. The Labute approximate surface area is 217 Å². The largest absolute Gasteiger partial charge is 0.493 e. The Morgan fingerprint density at radius 3 is 2.60 bits per heavy atom. The summed E-state index contributed by atoms with van der Waals surface area (Å²) in [5.41, 5.74) is 4.25. The normalized spacial score (nSPS) is 10.9. The SMILES string of the molecule is C=CCn1c(CCCOc2ccc(Cl)cc2C)nnc1SCC(=O)Nc1c(CC)cccc1CC. The number of nitrogens with one attached hydrogen (secondary N) is 1. The lowest BCUT2D eigenvalue weighted by atomic mass is 10.0. The Morgan fingerprint density at radius 1 is 1.20 bits per heavy atom. The van der Waals surface area contributed by atoms with Crippen LogP contribution in [0.15, 0.2) is 54.2 Å². The first kappa shape index (κ1) is 26.8. The maximum absolute atomic E-state index is 12.8. The highest BCUT2D eigenvalue weighted by atomic mass is 35.5. The van der Waals surface area contributed by atoms with E-state index in [1.165, 1.54) is 11.8 Å². The summed E-state index contributed by atoms with van der Waals surface area (Å²) >= 11 is 7.40. The summed E-state index contributed by atoms with van der Waals surface area (Å²) in [5, 5.41) is 13.2. The Kier molecular flexibility index (Phi) is 10.2. The van der Waals surface area contributed by atoms with Gasteiger partial charge in [-0.2, -0.15) is 0 Å². The summed E-state index contributed by atoms with van der Waals surface area (Å²) in [6.45, 7) is 11.2. The first-order chi connectivity index (χ1) is 17.0. The van der Waals surface area contributed by atoms with Gasteiger partial charge in [0.25, 0.3) is 0 Å². The van der Waals surface area contributed by atoms with Crippen molar-refractivity contribution in [2.24, 2.45) is 0 Å². The summed E-state index contributed by atoms with van der Waals surface area (Å²) in [5.74, 6) is 1.90. The minimum atomic E-state index is -0.0490. The minimum absolute atomic E-state index is 0.0490. The van der Waals surface area contributed by atoms with E-state index in [9.17, 15) is 4.79 Å². The predicted octanol–water partition coefficient (Wildman–Crippen LogP) is 6.29. The predicted molar refractivity (Wildman–Crippen MR) is 145 cm³/mol. The molecular weight excluding hydrogens is 480 g/mol. The van der Waals surface area contributed by atoms with Crippen LogP contribution in [0.4, 0.5) is 5.69 Å². The molecule has 2 aromatic carbocycles. The number of halogens is 1. The smallest absolute Gasteiger partial charge is 0.234 e. The molecule has 3 rings (SSSR count). The van der Waals surface area contributed by atoms with Crippen LogP contribution < -0.4 is 10.1 Å². The molecule has 0 unspecified atom stereocenters. The minimum Gasteiger partial charge on any atom is -0.493 e. The van der Waals surface area contributed by atoms with E-state index in [0.29, 0.717) is 29.8 Å². The second kappa shape index (κ2) is 13.4. The van der Waals surface area contributed by atoms with Gasteiger partial charge in [0.2, 0.25) is 5.91 Å². The number of aromatic nitrogens is 3. The third kappa shape index (κ3) is 7.36. The van der Waals surface area contributed by atoms with Crippen molar-refractivity contribution in [3.05, 3.63) is 76.6 Å². The molecule has 0 saturated carbocycles. The van der Waals surface area contributed by atoms with E-state index in [0.717, 1.165) is 53.2 Å². The van der Waals surface area contributed by atoms with Gasteiger partial charge in [0, 0.05) is 23.7 Å². The summed E-state index contributed by atoms with van der Waals surface area (Å²) in [6.07, 6.45) is 5.06. The molecule has 1 heterocycles. The Morgan fingerprint density at radius 2 is 1.94 bits per heavy atom. The topological polar surface area (TPSA) is 69.0 Å². The van der Waals surface area contributed by atoms with Gasteiger partial charge in [-0.1, -0.05) is 61.5 Å². The van der Waals surface area contributed by atoms with Crippen LogP contribution in [0.2, 0.25) is 5.02 Å². The molecule has 0 fully saturated rings. The molecule has 0 aliphatic rings. The van der Waals surface area contributed by atoms with Gasteiger partial charge in [0.1, 0.15) is 11.6 Å². The number of anilines is 1. The van der Waals surface area contributed by atoms with Crippen molar-refractivity contribution >= 4 is 35.0 Å². The van der Waals surface area contributed by atoms with E-state index < -0.39 is 0 Å². The average Bonchev–Trinajstić information content (AvgIpc) is 3.23. The number of hydrogen-bond donors (Lipinski definition) is 1. The molecule has 0 bridgehead atoms. The van der Waals surface area contributed by atoms with Crippen LogP contribution in [0.3, 0.4) is 0 Å². The molecule has 186 valence electrons. The number of hydrogen-bond acceptors (Lipinski definition) is 5. The maximum atomic E-state index is 12.8. The van der Waals surface area contributed by atoms with Gasteiger partial charge in [-0.25, -0.2) is 0 Å². The number of thioether (sulfide) groups is 1. The van der Waals surface area contributed by atoms with E-state index in [1.807, 2.05) is 41.8 Å². The summed E-state index contributed by atoms with van der Waals surface area (Å²) < 4.78 is 7.91. The third-order valence-electron chi connectivity index (χ3n) is 5.64. The zero-order valence-electron chi connectivity index (χ0n) is 20.6. The highest BCUT2D eigenvalue weighted by Crippen LogP contribution is 2.25. The van der Waals surface area contributed by atoms with Crippen LogP contribution in [0.5, 0.6) is 5.75 Å². The molecule has 0 radical (unpaired) electrons. The number of amides is 1. The zero-order valence-corrected chi connectivity index (χ0v) is 22.2. The van der Waals surface area contributed by atoms with Crippen LogP contribution in [0, 0.1) is 6.92 Å². The Hall–Kier alpha value is -2.77. The lowest BCUT2D eigenvalue weighted by Gasteiger charge is -2.14. The molecule has 1 aromatic heterocycles. The van der Waals surface area contributed by atoms with Crippen molar-refractivity contribution in [1.29, 1.82) is 0 Å². The maximum Gasteiger partial charge on any atom is 0.234 e. The Bertz CT molecular complexity index is 1140. The van der Waals surface area contributed by atoms with Gasteiger partial charge < -0.3 is 14.6 Å². The average molecular weight is 513 g/mol. The van der Waals surface area contributed by atoms with E-state index in [4.69, 9.17) is 16.3 Å². The van der Waals surface area contributed by atoms with E-state index in [-0.39, 0.29) is 11.7 Å². The van der Waals surface area contributed by atoms with Crippen LogP contribution in [-0.4, -0.2) is 33.0 Å². The monoisotopic (exact) mass is 512 g/mol. The fraction of sp³-hybridized carbons (Fsp3) is 0.370. The highest BCUT2D eigenvalue weighted by molar-refractivity contribution is 7.99. The van der Waals surface area contributed by atoms with E-state index in [1.54, 1.807) is 0 Å². The van der Waals surface area contributed by atoms with Gasteiger partial charge in [0.15, 0.2) is 5.16 Å². The molecule has 6 nitrogen and oxygen atoms in total. The lowest BCUT2D eigenvalue weighted by molar-refractivity contribution is -0.113.